The second-order valence-electron chi connectivity index (χ2n) is 26.7. The van der Waals surface area contributed by atoms with Crippen LogP contribution in [0.5, 0.6) is 0 Å². The largest absolute Gasteiger partial charge is 0.394 e. The summed E-state index contributed by atoms with van der Waals surface area (Å²) in [5, 5.41) is 163. The highest BCUT2D eigenvalue weighted by Crippen LogP contribution is 2.71. The van der Waals surface area contributed by atoms with Gasteiger partial charge in [-0.1, -0.05) is 39.3 Å². The van der Waals surface area contributed by atoms with Gasteiger partial charge in [0.25, 0.3) is 0 Å². The van der Waals surface area contributed by atoms with Crippen LogP contribution in [0.25, 0.3) is 0 Å². The molecule has 0 aromatic heterocycles. The van der Waals surface area contributed by atoms with Crippen LogP contribution in [0.15, 0.2) is 11.6 Å². The Morgan fingerprint density at radius 1 is 0.524 bits per heavy atom. The first-order valence-corrected chi connectivity index (χ1v) is 30.4. The molecule has 0 bridgehead atoms. The molecule has 3 saturated carbocycles. The molecule has 0 amide bonds. The van der Waals surface area contributed by atoms with E-state index in [-0.39, 0.29) is 16.9 Å². The third kappa shape index (κ3) is 11.2. The monoisotopic (exact) mass is 1210 g/mol. The summed E-state index contributed by atoms with van der Waals surface area (Å²) in [6.07, 6.45) is -33.7. The second kappa shape index (κ2) is 25.0. The summed E-state index contributed by atoms with van der Waals surface area (Å²) in [5.41, 5.74) is 1.26. The van der Waals surface area contributed by atoms with Crippen LogP contribution in [0, 0.1) is 46.3 Å². The van der Waals surface area contributed by atoms with Gasteiger partial charge in [0.1, 0.15) is 116 Å². The van der Waals surface area contributed by atoms with Gasteiger partial charge in [0.15, 0.2) is 37.2 Å². The van der Waals surface area contributed by atoms with Crippen molar-refractivity contribution in [1.29, 1.82) is 0 Å². The van der Waals surface area contributed by atoms with E-state index in [2.05, 4.69) is 33.8 Å². The van der Waals surface area contributed by atoms with Crippen molar-refractivity contribution in [1.82, 2.24) is 0 Å². The smallest absolute Gasteiger partial charge is 0.187 e. The van der Waals surface area contributed by atoms with E-state index in [0.717, 1.165) is 51.6 Å². The zero-order valence-corrected chi connectivity index (χ0v) is 48.1. The maximum atomic E-state index is 12.5. The van der Waals surface area contributed by atoms with Gasteiger partial charge < -0.3 is 133 Å². The van der Waals surface area contributed by atoms with Gasteiger partial charge in [-0.25, -0.2) is 0 Å². The number of hydrogen-bond donors (Lipinski definition) is 15. The molecule has 4 aliphatic carbocycles. The lowest BCUT2D eigenvalue weighted by Gasteiger charge is -2.59. The van der Waals surface area contributed by atoms with Crippen molar-refractivity contribution in [2.75, 3.05) is 33.0 Å². The van der Waals surface area contributed by atoms with Crippen LogP contribution in [0.2, 0.25) is 0 Å². The van der Waals surface area contributed by atoms with Crippen molar-refractivity contribution >= 4 is 0 Å². The molecule has 7 heterocycles. The normalized spacial score (nSPS) is 56.8. The van der Waals surface area contributed by atoms with Crippen molar-refractivity contribution in [3.05, 3.63) is 11.6 Å². The highest BCUT2D eigenvalue weighted by molar-refractivity contribution is 5.26. The molecule has 0 aromatic rings. The Kier molecular flexibility index (Phi) is 19.1. The number of hydrogen-bond acceptors (Lipinski definition) is 27. The molecule has 1 spiro atoms. The third-order valence-electron chi connectivity index (χ3n) is 21.9. The summed E-state index contributed by atoms with van der Waals surface area (Å²) in [6, 6.07) is 0. The SMILES string of the molecule is C[C@@H]1CC[C@@]2(OC1)O[C@H]1C[C@H]3[C@@H]4CC=C5C[C@@H](O[C@@H]6O[C@H](CO)[C@@H](O[C@@H]7O[C@H](CO)[C@@H](O)[C@H](O[C@@H]8O[C@H](CO[C@@H]9O[C@H](CO)[C@@H](O)[C@H](O)[C@H]9O)[C@@H](O)[C@H](O)[C@H]8O)[C@H]7O)[C@H](O)[C@H]6O[C@@H]6O[C@@H](C)[C@H](O)[C@@H](O)[C@H]6O)CC[C@]5(C)[C@H]4CC[C@]3(C)C1[C@@H]2C. The van der Waals surface area contributed by atoms with E-state index in [1.54, 1.807) is 0 Å². The third-order valence-corrected chi connectivity index (χ3v) is 21.9. The minimum Gasteiger partial charge on any atom is -0.394 e. The Hall–Kier alpha value is -1.34. The van der Waals surface area contributed by atoms with E-state index < -0.39 is 192 Å². The van der Waals surface area contributed by atoms with Crippen molar-refractivity contribution in [2.24, 2.45) is 46.3 Å². The maximum absolute atomic E-state index is 12.5. The first kappa shape index (κ1) is 64.2. The van der Waals surface area contributed by atoms with Crippen LogP contribution in [0.1, 0.15) is 92.4 Å². The molecule has 27 nitrogen and oxygen atoms in total. The summed E-state index contributed by atoms with van der Waals surface area (Å²) in [5.74, 6) is 2.15. The Morgan fingerprint density at radius 3 is 1.79 bits per heavy atom. The zero-order chi connectivity index (χ0) is 60.2. The van der Waals surface area contributed by atoms with Gasteiger partial charge in [-0.3, -0.25) is 0 Å². The van der Waals surface area contributed by atoms with E-state index in [1.807, 2.05) is 0 Å². The summed E-state index contributed by atoms with van der Waals surface area (Å²) in [4.78, 5) is 0. The fourth-order valence-electron chi connectivity index (χ4n) is 16.9. The van der Waals surface area contributed by atoms with Gasteiger partial charge in [0.2, 0.25) is 0 Å². The van der Waals surface area contributed by atoms with Crippen molar-refractivity contribution < 1.29 is 133 Å². The van der Waals surface area contributed by atoms with Gasteiger partial charge in [-0.15, -0.1) is 0 Å². The van der Waals surface area contributed by atoms with Crippen LogP contribution in [-0.4, -0.2) is 281 Å². The van der Waals surface area contributed by atoms with Crippen LogP contribution < -0.4 is 0 Å². The van der Waals surface area contributed by atoms with E-state index in [1.165, 1.54) is 12.5 Å². The standard InChI is InChI=1S/C57H92O27/c1-21-8-13-57(74-19-21)22(2)34-29(84-57)15-28-26-7-6-24-14-25(9-11-55(24,4)27(26)10-12-56(28,34)5)76-54-49(83-51-43(69)39(65)35(61)23(3)75-51)45(71)47(32(18-60)79-54)81-53-46(72)48(38(64)31(17-59)78-53)82-52-44(70)41(67)37(63)33(80-52)20-73-50-42(68)40(66)36(62)30(16-58)77-50/h6,21-23,25-54,58-72H,7-20H2,1-5H3/t21-,22+,23+,25+,26-,27+,28+,29+,30-,31-,32-,33-,34?,35+,36-,37-,38-,39-,40+,41+,42-,43-,44-,45+,46-,47-,48+,49-,50-,51+,52+,53+,54-,55+,56+,57-/m1/s1. The number of aliphatic hydroxyl groups is 15. The predicted molar refractivity (Wildman–Crippen MR) is 279 cm³/mol. The number of aliphatic hydroxyl groups excluding tert-OH is 15. The second-order valence-corrected chi connectivity index (χ2v) is 26.7. The first-order valence-electron chi connectivity index (χ1n) is 30.4. The molecule has 482 valence electrons. The number of fused-ring (bicyclic) bond motifs is 7. The molecule has 7 aliphatic heterocycles. The van der Waals surface area contributed by atoms with Crippen LogP contribution >= 0.6 is 0 Å². The number of rotatable bonds is 14. The molecule has 0 aromatic carbocycles. The molecular formula is C57H92O27. The van der Waals surface area contributed by atoms with Crippen LogP contribution in [0.4, 0.5) is 0 Å². The topological polar surface area (TPSA) is 414 Å². The average molecular weight is 1210 g/mol. The lowest BCUT2D eigenvalue weighted by atomic mass is 9.47. The Labute approximate surface area is 487 Å². The minimum absolute atomic E-state index is 0.124. The predicted octanol–water partition coefficient (Wildman–Crippen LogP) is -4.14. The van der Waals surface area contributed by atoms with Gasteiger partial charge in [0.05, 0.1) is 51.3 Å². The fraction of sp³-hybridized carbons (Fsp3) is 0.965. The Morgan fingerprint density at radius 2 is 1.11 bits per heavy atom. The molecule has 1 unspecified atom stereocenters. The fourth-order valence-corrected chi connectivity index (χ4v) is 16.9. The van der Waals surface area contributed by atoms with Gasteiger partial charge >= 0.3 is 0 Å². The summed E-state index contributed by atoms with van der Waals surface area (Å²) >= 11 is 0. The maximum Gasteiger partial charge on any atom is 0.187 e. The molecule has 36 atom stereocenters. The number of ether oxygens (including phenoxy) is 12. The molecule has 27 heteroatoms. The Bertz CT molecular complexity index is 2240. The Balaban J connectivity index is 0.783. The molecule has 10 fully saturated rings. The molecule has 0 radical (unpaired) electrons. The van der Waals surface area contributed by atoms with Crippen LogP contribution in [-0.2, 0) is 56.8 Å². The summed E-state index contributed by atoms with van der Waals surface area (Å²) in [7, 11) is 0. The molecule has 7 saturated heterocycles. The highest BCUT2D eigenvalue weighted by atomic mass is 16.8. The van der Waals surface area contributed by atoms with Crippen molar-refractivity contribution in [2.45, 2.75) is 264 Å². The van der Waals surface area contributed by atoms with E-state index in [4.69, 9.17) is 56.8 Å². The van der Waals surface area contributed by atoms with Gasteiger partial charge in [-0.2, -0.15) is 0 Å². The first-order chi connectivity index (χ1) is 39.9. The summed E-state index contributed by atoms with van der Waals surface area (Å²) < 4.78 is 73.3. The molecular weight excluding hydrogens is 1120 g/mol. The quantitative estimate of drug-likeness (QED) is 0.0735. The van der Waals surface area contributed by atoms with Crippen LogP contribution in [0.3, 0.4) is 0 Å². The van der Waals surface area contributed by atoms with E-state index in [0.29, 0.717) is 48.3 Å². The molecule has 15 N–H and O–H groups in total. The molecule has 11 rings (SSSR count). The van der Waals surface area contributed by atoms with Gasteiger partial charge in [0, 0.05) is 12.3 Å². The molecule has 84 heavy (non-hydrogen) atoms. The zero-order valence-electron chi connectivity index (χ0n) is 48.1. The number of allylic oxidation sites excluding steroid dienone is 1. The average Bonchev–Trinajstić information content (AvgIpc) is 2.55. The van der Waals surface area contributed by atoms with E-state index >= 15 is 0 Å². The van der Waals surface area contributed by atoms with E-state index in [9.17, 15) is 76.6 Å². The lowest BCUT2D eigenvalue weighted by Crippen LogP contribution is -2.68. The lowest BCUT2D eigenvalue weighted by molar-refractivity contribution is -0.397. The van der Waals surface area contributed by atoms with Crippen molar-refractivity contribution in [3.8, 4) is 0 Å². The molecule has 11 aliphatic rings. The minimum atomic E-state index is -2.11. The summed E-state index contributed by atoms with van der Waals surface area (Å²) in [6.45, 7) is 8.36. The van der Waals surface area contributed by atoms with Gasteiger partial charge in [-0.05, 0) is 98.7 Å². The highest BCUT2D eigenvalue weighted by Gasteiger charge is 2.69. The van der Waals surface area contributed by atoms with Crippen molar-refractivity contribution in [3.63, 3.8) is 0 Å².